The van der Waals surface area contributed by atoms with Gasteiger partial charge in [-0.15, -0.1) is 0 Å². The molecule has 0 aromatic carbocycles. The van der Waals surface area contributed by atoms with E-state index in [2.05, 4.69) is 31.3 Å². The second-order valence-electron chi connectivity index (χ2n) is 4.19. The van der Waals surface area contributed by atoms with Crippen molar-refractivity contribution >= 4 is 27.4 Å². The predicted molar refractivity (Wildman–Crippen MR) is 78.7 cm³/mol. The van der Waals surface area contributed by atoms with Crippen LogP contribution in [0.2, 0.25) is 0 Å². The van der Waals surface area contributed by atoms with Crippen LogP contribution < -0.4 is 16.8 Å². The van der Waals surface area contributed by atoms with Gasteiger partial charge in [-0.3, -0.25) is 14.9 Å². The molecule has 0 aliphatic rings. The molecule has 0 spiro atoms. The topological polar surface area (TPSA) is 129 Å². The van der Waals surface area contributed by atoms with Crippen LogP contribution in [0, 0.1) is 17.0 Å². The molecule has 0 fully saturated rings. The molecule has 2 rings (SSSR count). The molecule has 2 aromatic rings. The van der Waals surface area contributed by atoms with Gasteiger partial charge in [0.25, 0.3) is 0 Å². The number of halogens is 1. The monoisotopic (exact) mass is 354 g/mol. The van der Waals surface area contributed by atoms with Crippen LogP contribution in [-0.2, 0) is 6.54 Å². The lowest BCUT2D eigenvalue weighted by molar-refractivity contribution is -0.386. The van der Waals surface area contributed by atoms with Crippen molar-refractivity contribution in [2.45, 2.75) is 13.5 Å². The summed E-state index contributed by atoms with van der Waals surface area (Å²) in [7, 11) is 0. The van der Waals surface area contributed by atoms with Gasteiger partial charge in [0.1, 0.15) is 5.82 Å². The van der Waals surface area contributed by atoms with E-state index in [-0.39, 0.29) is 6.54 Å². The Kier molecular flexibility index (Phi) is 4.29. The second-order valence-corrected chi connectivity index (χ2v) is 5.10. The Bertz CT molecular complexity index is 760. The summed E-state index contributed by atoms with van der Waals surface area (Å²) in [5.41, 5.74) is 1.81. The number of nitro groups is 1. The van der Waals surface area contributed by atoms with Crippen LogP contribution in [0.4, 0.5) is 11.5 Å². The molecule has 21 heavy (non-hydrogen) atoms. The Labute approximate surface area is 127 Å². The van der Waals surface area contributed by atoms with Gasteiger partial charge in [-0.25, -0.2) is 15.8 Å². The average molecular weight is 355 g/mol. The number of aromatic nitrogens is 3. The first-order valence-electron chi connectivity index (χ1n) is 5.76. The molecule has 0 radical (unpaired) electrons. The minimum Gasteiger partial charge on any atom is -0.308 e. The number of hydrogen-bond donors (Lipinski definition) is 2. The van der Waals surface area contributed by atoms with Crippen molar-refractivity contribution in [2.24, 2.45) is 5.84 Å². The molecule has 10 heteroatoms. The molecule has 0 aliphatic heterocycles. The quantitative estimate of drug-likeness (QED) is 0.475. The molecule has 110 valence electrons. The lowest BCUT2D eigenvalue weighted by Crippen LogP contribution is -2.24. The summed E-state index contributed by atoms with van der Waals surface area (Å²) in [6.07, 6.45) is 1.44. The van der Waals surface area contributed by atoms with E-state index in [1.54, 1.807) is 13.0 Å². The number of nitrogen functional groups attached to an aromatic ring is 1. The molecule has 2 aromatic heterocycles. The molecule has 0 saturated heterocycles. The van der Waals surface area contributed by atoms with Crippen LogP contribution in [0.5, 0.6) is 0 Å². The number of nitrogens with one attached hydrogen (secondary N) is 1. The van der Waals surface area contributed by atoms with Gasteiger partial charge in [-0.2, -0.15) is 0 Å². The van der Waals surface area contributed by atoms with Gasteiger partial charge in [-0.05, 0) is 22.9 Å². The molecule has 2 heterocycles. The maximum atomic E-state index is 12.0. The standard InChI is InChI=1S/C11H11BrN6O3/c1-6-2-9(16-13)15-10(14-6)5-17-4-7(12)3-8(11(17)19)18(20)21/h2-4H,5,13H2,1H3,(H,14,15,16). The summed E-state index contributed by atoms with van der Waals surface area (Å²) >= 11 is 3.13. The minimum atomic E-state index is -0.729. The highest BCUT2D eigenvalue weighted by molar-refractivity contribution is 9.10. The van der Waals surface area contributed by atoms with Crippen molar-refractivity contribution in [1.29, 1.82) is 0 Å². The Balaban J connectivity index is 2.47. The van der Waals surface area contributed by atoms with Gasteiger partial charge >= 0.3 is 11.2 Å². The first kappa shape index (κ1) is 15.1. The van der Waals surface area contributed by atoms with Crippen LogP contribution in [0.1, 0.15) is 11.5 Å². The van der Waals surface area contributed by atoms with E-state index in [0.29, 0.717) is 21.8 Å². The van der Waals surface area contributed by atoms with E-state index in [4.69, 9.17) is 5.84 Å². The third kappa shape index (κ3) is 3.41. The van der Waals surface area contributed by atoms with Crippen LogP contribution in [-0.4, -0.2) is 19.5 Å². The highest BCUT2D eigenvalue weighted by atomic mass is 79.9. The van der Waals surface area contributed by atoms with Crippen molar-refractivity contribution in [3.63, 3.8) is 0 Å². The summed E-state index contributed by atoms with van der Waals surface area (Å²) in [6, 6.07) is 2.79. The van der Waals surface area contributed by atoms with E-state index < -0.39 is 16.2 Å². The van der Waals surface area contributed by atoms with E-state index in [1.807, 2.05) is 0 Å². The van der Waals surface area contributed by atoms with Crippen molar-refractivity contribution in [3.8, 4) is 0 Å². The molecular weight excluding hydrogens is 344 g/mol. The van der Waals surface area contributed by atoms with Crippen LogP contribution in [0.15, 0.2) is 27.6 Å². The van der Waals surface area contributed by atoms with Crippen LogP contribution in [0.3, 0.4) is 0 Å². The first-order chi connectivity index (χ1) is 9.90. The molecular formula is C11H11BrN6O3. The summed E-state index contributed by atoms with van der Waals surface area (Å²) in [5.74, 6) is 6.01. The largest absolute Gasteiger partial charge is 0.335 e. The fourth-order valence-corrected chi connectivity index (χ4v) is 2.22. The Morgan fingerprint density at radius 1 is 1.48 bits per heavy atom. The summed E-state index contributed by atoms with van der Waals surface area (Å²) in [5, 5.41) is 10.8. The van der Waals surface area contributed by atoms with Gasteiger partial charge in [0.2, 0.25) is 0 Å². The van der Waals surface area contributed by atoms with Gasteiger partial charge in [0, 0.05) is 28.5 Å². The van der Waals surface area contributed by atoms with Gasteiger partial charge in [0.05, 0.1) is 11.5 Å². The van der Waals surface area contributed by atoms with Gasteiger partial charge < -0.3 is 9.99 Å². The second kappa shape index (κ2) is 5.97. The molecule has 0 unspecified atom stereocenters. The number of nitrogens with two attached hydrogens (primary N) is 1. The molecule has 0 saturated carbocycles. The third-order valence-electron chi connectivity index (χ3n) is 2.59. The third-order valence-corrected chi connectivity index (χ3v) is 3.02. The number of anilines is 1. The smallest absolute Gasteiger partial charge is 0.308 e. The number of rotatable bonds is 4. The molecule has 0 amide bonds. The van der Waals surface area contributed by atoms with Gasteiger partial charge in [-0.1, -0.05) is 0 Å². The lowest BCUT2D eigenvalue weighted by Gasteiger charge is -2.08. The number of hydrazine groups is 1. The van der Waals surface area contributed by atoms with E-state index in [0.717, 1.165) is 10.6 Å². The fourth-order valence-electron chi connectivity index (χ4n) is 1.76. The Morgan fingerprint density at radius 3 is 2.81 bits per heavy atom. The van der Waals surface area contributed by atoms with E-state index >= 15 is 0 Å². The van der Waals surface area contributed by atoms with E-state index in [1.165, 1.54) is 6.20 Å². The SMILES string of the molecule is Cc1cc(NN)nc(Cn2cc(Br)cc([N+](=O)[O-])c2=O)n1. The minimum absolute atomic E-state index is 0.00449. The molecule has 3 N–H and O–H groups in total. The molecule has 0 atom stereocenters. The van der Waals surface area contributed by atoms with Crippen molar-refractivity contribution < 1.29 is 4.92 Å². The van der Waals surface area contributed by atoms with Crippen molar-refractivity contribution in [1.82, 2.24) is 14.5 Å². The van der Waals surface area contributed by atoms with Gasteiger partial charge in [0.15, 0.2) is 5.82 Å². The summed E-state index contributed by atoms with van der Waals surface area (Å²) < 4.78 is 1.58. The summed E-state index contributed by atoms with van der Waals surface area (Å²) in [4.78, 5) is 30.4. The fraction of sp³-hybridized carbons (Fsp3) is 0.182. The number of hydrogen-bond acceptors (Lipinski definition) is 7. The highest BCUT2D eigenvalue weighted by Gasteiger charge is 2.16. The van der Waals surface area contributed by atoms with Crippen LogP contribution >= 0.6 is 15.9 Å². The zero-order valence-electron chi connectivity index (χ0n) is 10.9. The Morgan fingerprint density at radius 2 is 2.19 bits per heavy atom. The molecule has 9 nitrogen and oxygen atoms in total. The molecule has 0 aliphatic carbocycles. The normalized spacial score (nSPS) is 10.4. The zero-order chi connectivity index (χ0) is 15.6. The Hall–Kier alpha value is -2.33. The average Bonchev–Trinajstić information content (AvgIpc) is 2.41. The van der Waals surface area contributed by atoms with E-state index in [9.17, 15) is 14.9 Å². The highest BCUT2D eigenvalue weighted by Crippen LogP contribution is 2.14. The van der Waals surface area contributed by atoms with Crippen molar-refractivity contribution in [3.05, 3.63) is 54.8 Å². The lowest BCUT2D eigenvalue weighted by atomic mass is 10.4. The number of aryl methyl sites for hydroxylation is 1. The summed E-state index contributed by atoms with van der Waals surface area (Å²) in [6.45, 7) is 1.74. The maximum absolute atomic E-state index is 12.0. The maximum Gasteiger partial charge on any atom is 0.335 e. The number of nitrogens with zero attached hydrogens (tertiary/aromatic N) is 4. The van der Waals surface area contributed by atoms with Crippen LogP contribution in [0.25, 0.3) is 0 Å². The molecule has 0 bridgehead atoms. The first-order valence-corrected chi connectivity index (χ1v) is 6.55. The predicted octanol–water partition coefficient (Wildman–Crippen LogP) is 0.951. The van der Waals surface area contributed by atoms with Crippen molar-refractivity contribution in [2.75, 3.05) is 5.43 Å². The number of pyridine rings is 1. The zero-order valence-corrected chi connectivity index (χ0v) is 12.5.